The van der Waals surface area contributed by atoms with E-state index < -0.39 is 11.6 Å². The van der Waals surface area contributed by atoms with Crippen LogP contribution in [0, 0.1) is 11.6 Å². The average Bonchev–Trinajstić information content (AvgIpc) is 3.12. The van der Waals surface area contributed by atoms with Crippen LogP contribution < -0.4 is 4.90 Å². The number of thiazole rings is 1. The molecule has 1 aliphatic heterocycles. The second-order valence-electron chi connectivity index (χ2n) is 5.22. The summed E-state index contributed by atoms with van der Waals surface area (Å²) in [6, 6.07) is 2.04. The summed E-state index contributed by atoms with van der Waals surface area (Å²) in [6.45, 7) is 2.85. The van der Waals surface area contributed by atoms with Gasteiger partial charge in [-0.3, -0.25) is 9.69 Å². The normalized spacial score (nSPS) is 18.0. The predicted octanol–water partition coefficient (Wildman–Crippen LogP) is 3.50. The van der Waals surface area contributed by atoms with Crippen LogP contribution in [0.2, 0.25) is 0 Å². The molecule has 118 valence electrons. The third kappa shape index (κ3) is 2.96. The lowest BCUT2D eigenvalue weighted by Gasteiger charge is -2.22. The van der Waals surface area contributed by atoms with Gasteiger partial charge in [0.25, 0.3) is 0 Å². The highest BCUT2D eigenvalue weighted by atomic mass is 32.1. The van der Waals surface area contributed by atoms with Gasteiger partial charge in [0.05, 0.1) is 17.3 Å². The van der Waals surface area contributed by atoms with Crippen LogP contribution in [0.5, 0.6) is 0 Å². The standard InChI is InChI=1S/C15H16F2N2O2S/c1-2-13(20)19(8-10-4-3-5-21-10)15-18-14-11(17)6-9(16)7-12(14)22-15/h6-7,10H,2-5,8H2,1H3. The van der Waals surface area contributed by atoms with Gasteiger partial charge in [0.15, 0.2) is 10.9 Å². The van der Waals surface area contributed by atoms with Gasteiger partial charge in [-0.15, -0.1) is 0 Å². The van der Waals surface area contributed by atoms with E-state index in [9.17, 15) is 13.6 Å². The number of hydrogen-bond acceptors (Lipinski definition) is 4. The molecule has 1 atom stereocenters. The molecular weight excluding hydrogens is 310 g/mol. The smallest absolute Gasteiger partial charge is 0.228 e. The van der Waals surface area contributed by atoms with E-state index in [1.807, 2.05) is 0 Å². The van der Waals surface area contributed by atoms with Crippen molar-refractivity contribution >= 4 is 32.6 Å². The Bertz CT molecular complexity index is 698. The van der Waals surface area contributed by atoms with Crippen LogP contribution in [0.4, 0.5) is 13.9 Å². The molecule has 0 saturated carbocycles. The van der Waals surface area contributed by atoms with E-state index in [1.54, 1.807) is 6.92 Å². The molecule has 4 nitrogen and oxygen atoms in total. The zero-order chi connectivity index (χ0) is 15.7. The van der Waals surface area contributed by atoms with E-state index >= 15 is 0 Å². The number of carbonyl (C=O) groups is 1. The molecule has 2 heterocycles. The van der Waals surface area contributed by atoms with Gasteiger partial charge in [-0.1, -0.05) is 18.3 Å². The SMILES string of the molecule is CCC(=O)N(CC1CCCO1)c1nc2c(F)cc(F)cc2s1. The quantitative estimate of drug-likeness (QED) is 0.864. The Labute approximate surface area is 130 Å². The molecule has 0 spiro atoms. The van der Waals surface area contributed by atoms with Gasteiger partial charge in [-0.25, -0.2) is 13.8 Å². The molecule has 1 aliphatic rings. The number of anilines is 1. The summed E-state index contributed by atoms with van der Waals surface area (Å²) < 4.78 is 33.0. The molecule has 1 aromatic carbocycles. The maximum absolute atomic E-state index is 13.8. The van der Waals surface area contributed by atoms with Crippen LogP contribution in [0.15, 0.2) is 12.1 Å². The third-order valence-corrected chi connectivity index (χ3v) is 4.67. The summed E-state index contributed by atoms with van der Waals surface area (Å²) in [5, 5.41) is 0.391. The summed E-state index contributed by atoms with van der Waals surface area (Å²) in [5.74, 6) is -1.46. The average molecular weight is 326 g/mol. The van der Waals surface area contributed by atoms with Crippen molar-refractivity contribution in [3.8, 4) is 0 Å². The summed E-state index contributed by atoms with van der Waals surface area (Å²) in [7, 11) is 0. The molecule has 1 fully saturated rings. The number of fused-ring (bicyclic) bond motifs is 1. The highest BCUT2D eigenvalue weighted by Crippen LogP contribution is 2.32. The second kappa shape index (κ2) is 6.26. The van der Waals surface area contributed by atoms with E-state index in [4.69, 9.17) is 4.74 Å². The predicted molar refractivity (Wildman–Crippen MR) is 81.2 cm³/mol. The monoisotopic (exact) mass is 326 g/mol. The van der Waals surface area contributed by atoms with Crippen molar-refractivity contribution in [3.05, 3.63) is 23.8 Å². The molecule has 0 radical (unpaired) electrons. The lowest BCUT2D eigenvalue weighted by Crippen LogP contribution is -2.37. The first-order valence-corrected chi connectivity index (χ1v) is 8.07. The zero-order valence-electron chi connectivity index (χ0n) is 12.1. The Hall–Kier alpha value is -1.60. The van der Waals surface area contributed by atoms with Crippen molar-refractivity contribution in [1.82, 2.24) is 4.98 Å². The van der Waals surface area contributed by atoms with Gasteiger partial charge in [0.1, 0.15) is 11.3 Å². The van der Waals surface area contributed by atoms with Crippen molar-refractivity contribution in [3.63, 3.8) is 0 Å². The van der Waals surface area contributed by atoms with E-state index in [2.05, 4.69) is 4.98 Å². The zero-order valence-corrected chi connectivity index (χ0v) is 13.0. The van der Waals surface area contributed by atoms with Crippen molar-refractivity contribution in [2.45, 2.75) is 32.3 Å². The number of aromatic nitrogens is 1. The highest BCUT2D eigenvalue weighted by molar-refractivity contribution is 7.22. The summed E-state index contributed by atoms with van der Waals surface area (Å²) in [4.78, 5) is 17.9. The topological polar surface area (TPSA) is 42.4 Å². The number of rotatable bonds is 4. The summed E-state index contributed by atoms with van der Waals surface area (Å²) >= 11 is 1.12. The Kier molecular flexibility index (Phi) is 4.35. The maximum atomic E-state index is 13.8. The molecule has 1 amide bonds. The molecule has 0 aliphatic carbocycles. The number of halogens is 2. The van der Waals surface area contributed by atoms with Gasteiger partial charge in [-0.2, -0.15) is 0 Å². The van der Waals surface area contributed by atoms with Crippen molar-refractivity contribution in [2.75, 3.05) is 18.1 Å². The lowest BCUT2D eigenvalue weighted by molar-refractivity contribution is -0.118. The maximum Gasteiger partial charge on any atom is 0.228 e. The first kappa shape index (κ1) is 15.3. The number of benzene rings is 1. The molecule has 2 aromatic rings. The second-order valence-corrected chi connectivity index (χ2v) is 6.23. The van der Waals surface area contributed by atoms with Crippen LogP contribution in [0.25, 0.3) is 10.2 Å². The van der Waals surface area contributed by atoms with Gasteiger partial charge in [-0.05, 0) is 18.9 Å². The molecule has 7 heteroatoms. The first-order valence-electron chi connectivity index (χ1n) is 7.26. The number of nitrogens with zero attached hydrogens (tertiary/aromatic N) is 2. The Morgan fingerprint density at radius 1 is 1.50 bits per heavy atom. The Morgan fingerprint density at radius 3 is 3.00 bits per heavy atom. The molecule has 22 heavy (non-hydrogen) atoms. The van der Waals surface area contributed by atoms with Crippen LogP contribution in [-0.4, -0.2) is 30.1 Å². The molecule has 1 saturated heterocycles. The third-order valence-electron chi connectivity index (χ3n) is 3.65. The van der Waals surface area contributed by atoms with E-state index in [0.717, 1.165) is 30.2 Å². The summed E-state index contributed by atoms with van der Waals surface area (Å²) in [5.41, 5.74) is 0.0997. The van der Waals surface area contributed by atoms with Gasteiger partial charge in [0.2, 0.25) is 5.91 Å². The first-order chi connectivity index (χ1) is 10.6. The van der Waals surface area contributed by atoms with Gasteiger partial charge in [0, 0.05) is 19.1 Å². The Morgan fingerprint density at radius 2 is 2.32 bits per heavy atom. The number of ether oxygens (including phenoxy) is 1. The minimum atomic E-state index is -0.710. The van der Waals surface area contributed by atoms with Crippen LogP contribution >= 0.6 is 11.3 Å². The summed E-state index contributed by atoms with van der Waals surface area (Å²) in [6.07, 6.45) is 2.16. The fraction of sp³-hybridized carbons (Fsp3) is 0.467. The molecule has 0 bridgehead atoms. The van der Waals surface area contributed by atoms with Crippen molar-refractivity contribution < 1.29 is 18.3 Å². The molecular formula is C15H16F2N2O2S. The van der Waals surface area contributed by atoms with Crippen LogP contribution in [0.1, 0.15) is 26.2 Å². The molecule has 3 rings (SSSR count). The number of carbonyl (C=O) groups excluding carboxylic acids is 1. The molecule has 1 unspecified atom stereocenters. The van der Waals surface area contributed by atoms with E-state index in [1.165, 1.54) is 11.0 Å². The molecule has 1 aromatic heterocycles. The Balaban J connectivity index is 1.96. The largest absolute Gasteiger partial charge is 0.376 e. The van der Waals surface area contributed by atoms with E-state index in [-0.39, 0.29) is 17.5 Å². The minimum absolute atomic E-state index is 0.0240. The lowest BCUT2D eigenvalue weighted by atomic mass is 10.2. The van der Waals surface area contributed by atoms with E-state index in [0.29, 0.717) is 29.4 Å². The van der Waals surface area contributed by atoms with Gasteiger partial charge < -0.3 is 4.74 Å². The fourth-order valence-corrected chi connectivity index (χ4v) is 3.56. The molecule has 0 N–H and O–H groups in total. The van der Waals surface area contributed by atoms with Gasteiger partial charge >= 0.3 is 0 Å². The van der Waals surface area contributed by atoms with Crippen LogP contribution in [0.3, 0.4) is 0 Å². The number of amides is 1. The van der Waals surface area contributed by atoms with Crippen LogP contribution in [-0.2, 0) is 9.53 Å². The number of hydrogen-bond donors (Lipinski definition) is 0. The van der Waals surface area contributed by atoms with Crippen molar-refractivity contribution in [1.29, 1.82) is 0 Å². The fourth-order valence-electron chi connectivity index (χ4n) is 2.53. The highest BCUT2D eigenvalue weighted by Gasteiger charge is 2.25. The van der Waals surface area contributed by atoms with Crippen molar-refractivity contribution in [2.24, 2.45) is 0 Å². The minimum Gasteiger partial charge on any atom is -0.376 e.